The van der Waals surface area contributed by atoms with Gasteiger partial charge in [-0.2, -0.15) is 0 Å². The topological polar surface area (TPSA) is 27.7 Å². The summed E-state index contributed by atoms with van der Waals surface area (Å²) in [5.41, 5.74) is 1.11. The molecule has 0 bridgehead atoms. The van der Waals surface area contributed by atoms with Crippen molar-refractivity contribution in [3.63, 3.8) is 0 Å². The van der Waals surface area contributed by atoms with Crippen molar-refractivity contribution in [2.24, 2.45) is 0 Å². The third-order valence-electron chi connectivity index (χ3n) is 4.30. The third-order valence-corrected chi connectivity index (χ3v) is 8.80. The first-order chi connectivity index (χ1) is 10.2. The summed E-state index contributed by atoms with van der Waals surface area (Å²) in [7, 11) is -0.0848. The predicted octanol–water partition coefficient (Wildman–Crippen LogP) is 4.79. The zero-order chi connectivity index (χ0) is 16.8. The number of ether oxygens (including phenoxy) is 2. The highest BCUT2D eigenvalue weighted by Crippen LogP contribution is 2.36. The Morgan fingerprint density at radius 2 is 1.77 bits per heavy atom. The van der Waals surface area contributed by atoms with Crippen molar-refractivity contribution in [1.29, 1.82) is 0 Å². The summed E-state index contributed by atoms with van der Waals surface area (Å²) in [5, 5.41) is 0.203. The first kappa shape index (κ1) is 18.9. The molecule has 0 radical (unpaired) electrons. The molecule has 4 heteroatoms. The van der Waals surface area contributed by atoms with Crippen molar-refractivity contribution < 1.29 is 13.9 Å². The maximum atomic E-state index is 6.19. The van der Waals surface area contributed by atoms with Gasteiger partial charge in [0, 0.05) is 0 Å². The normalized spacial score (nSPS) is 13.7. The lowest BCUT2D eigenvalue weighted by atomic mass is 10.2. The van der Waals surface area contributed by atoms with Crippen LogP contribution >= 0.6 is 0 Å². The summed E-state index contributed by atoms with van der Waals surface area (Å²) in [5.74, 6) is 0.852. The smallest absolute Gasteiger partial charge is 0.192 e. The lowest BCUT2D eigenvalue weighted by molar-refractivity contribution is 0.0357. The Morgan fingerprint density at radius 3 is 2.23 bits per heavy atom. The molecule has 124 valence electrons. The van der Waals surface area contributed by atoms with E-state index >= 15 is 0 Å². The lowest BCUT2D eigenvalue weighted by Gasteiger charge is -2.37. The van der Waals surface area contributed by atoms with Crippen LogP contribution in [-0.4, -0.2) is 28.1 Å². The van der Waals surface area contributed by atoms with Gasteiger partial charge in [-0.1, -0.05) is 39.0 Å². The van der Waals surface area contributed by atoms with E-state index in [0.717, 1.165) is 11.3 Å². The van der Waals surface area contributed by atoms with Gasteiger partial charge in [-0.05, 0) is 35.8 Å². The van der Waals surface area contributed by atoms with Gasteiger partial charge in [-0.25, -0.2) is 0 Å². The Labute approximate surface area is 136 Å². The Hall–Kier alpha value is -1.10. The SMILES string of the molecule is C=C[C@@H](CO[Si](C)(C)C(C)(C)C)OCc1ccc(OC)cc1. The first-order valence-corrected chi connectivity index (χ1v) is 10.6. The van der Waals surface area contributed by atoms with Crippen LogP contribution < -0.4 is 4.74 Å². The van der Waals surface area contributed by atoms with E-state index in [1.165, 1.54) is 0 Å². The van der Waals surface area contributed by atoms with Crippen LogP contribution in [0.3, 0.4) is 0 Å². The van der Waals surface area contributed by atoms with E-state index in [1.807, 2.05) is 30.3 Å². The second-order valence-corrected chi connectivity index (χ2v) is 11.8. The largest absolute Gasteiger partial charge is 0.497 e. The molecule has 0 aliphatic heterocycles. The number of hydrogen-bond acceptors (Lipinski definition) is 3. The molecule has 1 rings (SSSR count). The fourth-order valence-electron chi connectivity index (χ4n) is 1.62. The van der Waals surface area contributed by atoms with Crippen LogP contribution in [0.15, 0.2) is 36.9 Å². The van der Waals surface area contributed by atoms with E-state index in [-0.39, 0.29) is 11.1 Å². The van der Waals surface area contributed by atoms with Crippen LogP contribution in [0.5, 0.6) is 5.75 Å². The van der Waals surface area contributed by atoms with Crippen molar-refractivity contribution in [1.82, 2.24) is 0 Å². The summed E-state index contributed by atoms with van der Waals surface area (Å²) >= 11 is 0. The van der Waals surface area contributed by atoms with Crippen molar-refractivity contribution in [2.75, 3.05) is 13.7 Å². The highest BCUT2D eigenvalue weighted by molar-refractivity contribution is 6.74. The Balaban J connectivity index is 2.50. The highest BCUT2D eigenvalue weighted by atomic mass is 28.4. The van der Waals surface area contributed by atoms with Gasteiger partial charge in [0.15, 0.2) is 8.32 Å². The number of benzene rings is 1. The molecular weight excluding hydrogens is 292 g/mol. The van der Waals surface area contributed by atoms with Crippen LogP contribution in [0.4, 0.5) is 0 Å². The molecule has 0 aliphatic carbocycles. The molecule has 1 aromatic carbocycles. The molecule has 0 N–H and O–H groups in total. The van der Waals surface area contributed by atoms with E-state index in [1.54, 1.807) is 7.11 Å². The zero-order valence-corrected chi connectivity index (χ0v) is 15.8. The van der Waals surface area contributed by atoms with Crippen LogP contribution in [-0.2, 0) is 15.8 Å². The molecular formula is C18H30O3Si. The summed E-state index contributed by atoms with van der Waals surface area (Å²) in [6, 6.07) is 7.89. The minimum absolute atomic E-state index is 0.0868. The predicted molar refractivity (Wildman–Crippen MR) is 94.9 cm³/mol. The molecule has 0 aromatic heterocycles. The molecule has 0 amide bonds. The molecule has 0 fully saturated rings. The lowest BCUT2D eigenvalue weighted by Crippen LogP contribution is -2.42. The van der Waals surface area contributed by atoms with Crippen LogP contribution in [0.1, 0.15) is 26.3 Å². The molecule has 22 heavy (non-hydrogen) atoms. The van der Waals surface area contributed by atoms with Gasteiger partial charge in [0.2, 0.25) is 0 Å². The van der Waals surface area contributed by atoms with Gasteiger partial charge in [0.1, 0.15) is 5.75 Å². The van der Waals surface area contributed by atoms with E-state index in [2.05, 4.69) is 40.4 Å². The average molecular weight is 323 g/mol. The summed E-state index contributed by atoms with van der Waals surface area (Å²) in [6.45, 7) is 16.2. The molecule has 0 saturated carbocycles. The van der Waals surface area contributed by atoms with Gasteiger partial charge in [-0.3, -0.25) is 0 Å². The molecule has 0 heterocycles. The first-order valence-electron chi connectivity index (χ1n) is 7.70. The van der Waals surface area contributed by atoms with E-state index in [0.29, 0.717) is 13.2 Å². The minimum atomic E-state index is -1.75. The molecule has 0 spiro atoms. The van der Waals surface area contributed by atoms with E-state index in [4.69, 9.17) is 13.9 Å². The van der Waals surface area contributed by atoms with Gasteiger partial charge in [-0.15, -0.1) is 6.58 Å². The van der Waals surface area contributed by atoms with Gasteiger partial charge in [0.25, 0.3) is 0 Å². The Bertz CT molecular complexity index is 460. The molecule has 0 aliphatic rings. The summed E-state index contributed by atoms with van der Waals surface area (Å²) < 4.78 is 17.2. The second-order valence-electron chi connectivity index (χ2n) is 7.00. The van der Waals surface area contributed by atoms with Crippen molar-refractivity contribution in [2.45, 2.75) is 51.6 Å². The molecule has 0 saturated heterocycles. The number of methoxy groups -OCH3 is 1. The average Bonchev–Trinajstić information content (AvgIpc) is 2.46. The summed E-state index contributed by atoms with van der Waals surface area (Å²) in [6.07, 6.45) is 1.73. The number of hydrogen-bond donors (Lipinski definition) is 0. The van der Waals surface area contributed by atoms with Crippen LogP contribution in [0.25, 0.3) is 0 Å². The number of rotatable bonds is 8. The van der Waals surface area contributed by atoms with Crippen molar-refractivity contribution >= 4 is 8.32 Å². The fourth-order valence-corrected chi connectivity index (χ4v) is 2.63. The van der Waals surface area contributed by atoms with E-state index < -0.39 is 8.32 Å². The minimum Gasteiger partial charge on any atom is -0.497 e. The van der Waals surface area contributed by atoms with Crippen molar-refractivity contribution in [3.8, 4) is 5.75 Å². The molecule has 0 unspecified atom stereocenters. The Kier molecular flexibility index (Phi) is 6.85. The van der Waals surface area contributed by atoms with Crippen molar-refractivity contribution in [3.05, 3.63) is 42.5 Å². The van der Waals surface area contributed by atoms with Gasteiger partial charge >= 0.3 is 0 Å². The quantitative estimate of drug-likeness (QED) is 0.509. The Morgan fingerprint density at radius 1 is 1.18 bits per heavy atom. The fraction of sp³-hybridized carbons (Fsp3) is 0.556. The molecule has 1 atom stereocenters. The third kappa shape index (κ3) is 5.59. The monoisotopic (exact) mass is 322 g/mol. The highest BCUT2D eigenvalue weighted by Gasteiger charge is 2.37. The maximum absolute atomic E-state index is 6.19. The van der Waals surface area contributed by atoms with E-state index in [9.17, 15) is 0 Å². The maximum Gasteiger partial charge on any atom is 0.192 e. The zero-order valence-electron chi connectivity index (χ0n) is 14.8. The molecule has 3 nitrogen and oxygen atoms in total. The second kappa shape index (κ2) is 7.95. The van der Waals surface area contributed by atoms with Gasteiger partial charge in [0.05, 0.1) is 26.4 Å². The van der Waals surface area contributed by atoms with Crippen LogP contribution in [0, 0.1) is 0 Å². The molecule has 1 aromatic rings. The standard InChI is InChI=1S/C18H30O3Si/c1-8-16(14-21-22(6,7)18(2,3)4)20-13-15-9-11-17(19-5)12-10-15/h8-12,16H,1,13-14H2,2-7H3/t16-/m0/s1. The summed E-state index contributed by atoms with van der Waals surface area (Å²) in [4.78, 5) is 0. The van der Waals surface area contributed by atoms with Crippen LogP contribution in [0.2, 0.25) is 18.1 Å². The van der Waals surface area contributed by atoms with Gasteiger partial charge < -0.3 is 13.9 Å².